The number of hydrogen-bond acceptors (Lipinski definition) is 6. The third kappa shape index (κ3) is 1.97. The normalized spacial score (nSPS) is 16.1. The topological polar surface area (TPSA) is 88.1 Å². The first-order valence-corrected chi connectivity index (χ1v) is 4.66. The molecule has 1 aliphatic heterocycles. The highest BCUT2D eigenvalue weighted by atomic mass is 16.5. The van der Waals surface area contributed by atoms with Gasteiger partial charge in [0.25, 0.3) is 0 Å². The van der Waals surface area contributed by atoms with E-state index in [-0.39, 0.29) is 5.82 Å². The Bertz CT molecular complexity index is 394. The van der Waals surface area contributed by atoms with Crippen LogP contribution < -0.4 is 10.6 Å². The van der Waals surface area contributed by atoms with Crippen LogP contribution in [0.2, 0.25) is 0 Å². The van der Waals surface area contributed by atoms with Crippen LogP contribution in [0, 0.1) is 11.3 Å². The third-order valence-electron chi connectivity index (χ3n) is 2.22. The molecule has 0 spiro atoms. The average Bonchev–Trinajstić information content (AvgIpc) is 2.30. The molecule has 0 unspecified atom stereocenters. The van der Waals surface area contributed by atoms with Crippen molar-refractivity contribution >= 4 is 11.8 Å². The Morgan fingerprint density at radius 1 is 1.47 bits per heavy atom. The van der Waals surface area contributed by atoms with Crippen LogP contribution in [-0.4, -0.2) is 36.3 Å². The van der Waals surface area contributed by atoms with E-state index in [0.29, 0.717) is 24.7 Å². The van der Waals surface area contributed by atoms with Gasteiger partial charge >= 0.3 is 0 Å². The van der Waals surface area contributed by atoms with Gasteiger partial charge in [0.05, 0.1) is 19.4 Å². The number of morpholine rings is 1. The summed E-state index contributed by atoms with van der Waals surface area (Å²) < 4.78 is 5.22. The maximum atomic E-state index is 8.68. The van der Waals surface area contributed by atoms with Crippen LogP contribution in [0.25, 0.3) is 0 Å². The first-order chi connectivity index (χ1) is 7.31. The molecule has 0 amide bonds. The predicted molar refractivity (Wildman–Crippen MR) is 54.2 cm³/mol. The van der Waals surface area contributed by atoms with Crippen molar-refractivity contribution in [2.75, 3.05) is 36.9 Å². The van der Waals surface area contributed by atoms with E-state index in [4.69, 9.17) is 15.7 Å². The molecule has 1 saturated heterocycles. The molecule has 1 aromatic rings. The number of ether oxygens (including phenoxy) is 1. The highest BCUT2D eigenvalue weighted by Gasteiger charge is 2.14. The molecule has 1 aromatic heterocycles. The lowest BCUT2D eigenvalue weighted by Gasteiger charge is -2.26. The average molecular weight is 205 g/mol. The second-order valence-corrected chi connectivity index (χ2v) is 3.18. The maximum Gasteiger partial charge on any atom is 0.227 e. The van der Waals surface area contributed by atoms with Crippen molar-refractivity contribution < 1.29 is 4.74 Å². The van der Waals surface area contributed by atoms with Crippen LogP contribution >= 0.6 is 0 Å². The fourth-order valence-electron chi connectivity index (χ4n) is 1.39. The molecule has 0 aromatic carbocycles. The zero-order valence-electron chi connectivity index (χ0n) is 8.18. The Balaban J connectivity index is 2.22. The summed E-state index contributed by atoms with van der Waals surface area (Å²) in [6, 6.07) is 1.93. The first kappa shape index (κ1) is 9.68. The molecule has 6 nitrogen and oxygen atoms in total. The second kappa shape index (κ2) is 4.11. The Kier molecular flexibility index (Phi) is 2.65. The molecule has 78 valence electrons. The van der Waals surface area contributed by atoms with Gasteiger partial charge in [-0.25, -0.2) is 4.98 Å². The monoisotopic (exact) mass is 205 g/mol. The molecule has 0 saturated carbocycles. The smallest absolute Gasteiger partial charge is 0.227 e. The largest absolute Gasteiger partial charge is 0.382 e. The van der Waals surface area contributed by atoms with Gasteiger partial charge in [0.15, 0.2) is 0 Å². The van der Waals surface area contributed by atoms with Gasteiger partial charge < -0.3 is 15.4 Å². The van der Waals surface area contributed by atoms with Crippen LogP contribution in [-0.2, 0) is 4.74 Å². The number of nitrogens with two attached hydrogens (primary N) is 1. The summed E-state index contributed by atoms with van der Waals surface area (Å²) in [5, 5.41) is 8.68. The molecule has 1 fully saturated rings. The molecule has 0 atom stereocenters. The number of nitrogens with zero attached hydrogens (tertiary/aromatic N) is 4. The molecule has 2 N–H and O–H groups in total. The van der Waals surface area contributed by atoms with Crippen molar-refractivity contribution in [2.45, 2.75) is 0 Å². The summed E-state index contributed by atoms with van der Waals surface area (Å²) in [4.78, 5) is 10.2. The zero-order chi connectivity index (χ0) is 10.7. The highest BCUT2D eigenvalue weighted by molar-refractivity contribution is 5.50. The van der Waals surface area contributed by atoms with Crippen LogP contribution in [0.4, 0.5) is 11.8 Å². The van der Waals surface area contributed by atoms with Gasteiger partial charge in [0, 0.05) is 13.1 Å². The van der Waals surface area contributed by atoms with E-state index in [9.17, 15) is 0 Å². The number of rotatable bonds is 1. The van der Waals surface area contributed by atoms with Crippen molar-refractivity contribution in [3.8, 4) is 6.07 Å². The highest BCUT2D eigenvalue weighted by Crippen LogP contribution is 2.13. The Morgan fingerprint density at radius 2 is 2.20 bits per heavy atom. The van der Waals surface area contributed by atoms with E-state index in [1.54, 1.807) is 0 Å². The first-order valence-electron chi connectivity index (χ1n) is 4.66. The minimum absolute atomic E-state index is 0.231. The van der Waals surface area contributed by atoms with Crippen molar-refractivity contribution in [3.63, 3.8) is 0 Å². The number of nitriles is 1. The number of nitrogen functional groups attached to an aromatic ring is 1. The summed E-state index contributed by atoms with van der Waals surface area (Å²) in [6.45, 7) is 2.85. The van der Waals surface area contributed by atoms with Crippen LogP contribution in [0.1, 0.15) is 5.56 Å². The van der Waals surface area contributed by atoms with Crippen LogP contribution in [0.5, 0.6) is 0 Å². The molecule has 2 rings (SSSR count). The van der Waals surface area contributed by atoms with Crippen molar-refractivity contribution in [1.29, 1.82) is 5.26 Å². The van der Waals surface area contributed by atoms with Crippen molar-refractivity contribution in [1.82, 2.24) is 9.97 Å². The zero-order valence-corrected chi connectivity index (χ0v) is 8.18. The molecule has 0 aliphatic carbocycles. The summed E-state index contributed by atoms with van der Waals surface area (Å²) in [6.07, 6.45) is 1.45. The van der Waals surface area contributed by atoms with Gasteiger partial charge in [-0.15, -0.1) is 0 Å². The molecular formula is C9H11N5O. The maximum absolute atomic E-state index is 8.68. The van der Waals surface area contributed by atoms with E-state index in [1.165, 1.54) is 6.20 Å². The Morgan fingerprint density at radius 3 is 2.80 bits per heavy atom. The van der Waals surface area contributed by atoms with E-state index in [0.717, 1.165) is 13.1 Å². The predicted octanol–water partition coefficient (Wildman–Crippen LogP) is -0.233. The number of anilines is 2. The van der Waals surface area contributed by atoms with Gasteiger partial charge in [-0.2, -0.15) is 10.2 Å². The van der Waals surface area contributed by atoms with Crippen molar-refractivity contribution in [3.05, 3.63) is 11.8 Å². The molecule has 6 heteroatoms. The van der Waals surface area contributed by atoms with Gasteiger partial charge in [0.1, 0.15) is 17.5 Å². The lowest BCUT2D eigenvalue weighted by atomic mass is 10.3. The van der Waals surface area contributed by atoms with Crippen LogP contribution in [0.15, 0.2) is 6.20 Å². The minimum atomic E-state index is 0.231. The standard InChI is InChI=1S/C9H11N5O/c10-5-7-6-12-9(13-8(7)11)14-1-3-15-4-2-14/h6H,1-4H2,(H2,11,12,13). The van der Waals surface area contributed by atoms with Gasteiger partial charge in [-0.05, 0) is 0 Å². The molecule has 1 aliphatic rings. The summed E-state index contributed by atoms with van der Waals surface area (Å²) in [7, 11) is 0. The van der Waals surface area contributed by atoms with Gasteiger partial charge in [0.2, 0.25) is 5.95 Å². The number of aromatic nitrogens is 2. The lowest BCUT2D eigenvalue weighted by molar-refractivity contribution is 0.122. The summed E-state index contributed by atoms with van der Waals surface area (Å²) >= 11 is 0. The van der Waals surface area contributed by atoms with Crippen LogP contribution in [0.3, 0.4) is 0 Å². The van der Waals surface area contributed by atoms with Gasteiger partial charge in [-0.3, -0.25) is 0 Å². The minimum Gasteiger partial charge on any atom is -0.382 e. The summed E-state index contributed by atoms with van der Waals surface area (Å²) in [5.41, 5.74) is 5.92. The fourth-order valence-corrected chi connectivity index (χ4v) is 1.39. The second-order valence-electron chi connectivity index (χ2n) is 3.18. The third-order valence-corrected chi connectivity index (χ3v) is 2.22. The van der Waals surface area contributed by atoms with E-state index in [2.05, 4.69) is 9.97 Å². The lowest BCUT2D eigenvalue weighted by Crippen LogP contribution is -2.37. The molecular weight excluding hydrogens is 194 g/mol. The Labute approximate surface area is 87.3 Å². The fraction of sp³-hybridized carbons (Fsp3) is 0.444. The summed E-state index contributed by atoms with van der Waals surface area (Å²) in [5.74, 6) is 0.795. The SMILES string of the molecule is N#Cc1cnc(N2CCOCC2)nc1N. The molecule has 0 radical (unpaired) electrons. The van der Waals surface area contributed by atoms with E-state index < -0.39 is 0 Å². The van der Waals surface area contributed by atoms with Crippen molar-refractivity contribution in [2.24, 2.45) is 0 Å². The molecule has 0 bridgehead atoms. The van der Waals surface area contributed by atoms with E-state index in [1.807, 2.05) is 11.0 Å². The van der Waals surface area contributed by atoms with E-state index >= 15 is 0 Å². The van der Waals surface area contributed by atoms with Gasteiger partial charge in [-0.1, -0.05) is 0 Å². The quantitative estimate of drug-likeness (QED) is 0.681. The Hall–Kier alpha value is -1.87. The molecule has 15 heavy (non-hydrogen) atoms. The number of hydrogen-bond donors (Lipinski definition) is 1. The molecule has 2 heterocycles.